The number of rotatable bonds is 5. The first-order valence-corrected chi connectivity index (χ1v) is 12.4. The Morgan fingerprint density at radius 1 is 1.06 bits per heavy atom. The zero-order valence-electron chi connectivity index (χ0n) is 18.8. The third-order valence-corrected chi connectivity index (χ3v) is 7.51. The number of carbonyl (C=O) groups excluding carboxylic acids is 1. The Bertz CT molecular complexity index is 1260. The van der Waals surface area contributed by atoms with Gasteiger partial charge in [0.2, 0.25) is 0 Å². The lowest BCUT2D eigenvalue weighted by Gasteiger charge is -2.21. The number of nitrogens with zero attached hydrogens (tertiary/aromatic N) is 3. The average Bonchev–Trinajstić information content (AvgIpc) is 3.29. The first-order valence-electron chi connectivity index (χ1n) is 11.6. The molecule has 6 heteroatoms. The van der Waals surface area contributed by atoms with Crippen molar-refractivity contribution in [2.75, 3.05) is 32.7 Å². The molecule has 0 spiro atoms. The first kappa shape index (κ1) is 21.2. The lowest BCUT2D eigenvalue weighted by atomic mass is 10.1. The number of furan rings is 1. The summed E-state index contributed by atoms with van der Waals surface area (Å²) in [5.41, 5.74) is 3.46. The van der Waals surface area contributed by atoms with E-state index in [1.165, 1.54) is 24.2 Å². The number of hydrogen-bond acceptors (Lipinski definition) is 5. The Kier molecular flexibility index (Phi) is 5.98. The second-order valence-electron chi connectivity index (χ2n) is 8.55. The van der Waals surface area contributed by atoms with Gasteiger partial charge in [0.25, 0.3) is 5.91 Å². The Morgan fingerprint density at radius 3 is 2.78 bits per heavy atom. The number of aryl methyl sites for hydroxylation is 1. The molecule has 0 aliphatic carbocycles. The van der Waals surface area contributed by atoms with Crippen LogP contribution in [-0.2, 0) is 0 Å². The second kappa shape index (κ2) is 9.04. The number of hydrogen-bond donors (Lipinski definition) is 0. The maximum atomic E-state index is 13.4. The summed E-state index contributed by atoms with van der Waals surface area (Å²) in [7, 11) is 0. The summed E-state index contributed by atoms with van der Waals surface area (Å²) in [4.78, 5) is 23.4. The quantitative estimate of drug-likeness (QED) is 0.378. The van der Waals surface area contributed by atoms with E-state index < -0.39 is 0 Å². The summed E-state index contributed by atoms with van der Waals surface area (Å²) in [5.74, 6) is 0.111. The number of fused-ring (bicyclic) bond motifs is 3. The SMILES string of the molecule is CCCCN1CCCN(C(=O)c2sc(-c3cccc4c3oc3ccccc34)nc2C)CC1. The van der Waals surface area contributed by atoms with Crippen molar-refractivity contribution in [2.45, 2.75) is 33.1 Å². The highest BCUT2D eigenvalue weighted by molar-refractivity contribution is 7.17. The van der Waals surface area contributed by atoms with Crippen molar-refractivity contribution in [3.05, 3.63) is 53.0 Å². The van der Waals surface area contributed by atoms with Crippen molar-refractivity contribution in [3.8, 4) is 10.6 Å². The molecule has 0 bridgehead atoms. The van der Waals surface area contributed by atoms with Crippen LogP contribution in [0.25, 0.3) is 32.5 Å². The first-order chi connectivity index (χ1) is 15.7. The van der Waals surface area contributed by atoms with E-state index in [0.717, 1.165) is 82.2 Å². The van der Waals surface area contributed by atoms with Gasteiger partial charge in [-0.05, 0) is 45.0 Å². The Hall–Kier alpha value is -2.70. The molecule has 4 aromatic rings. The molecule has 0 atom stereocenters. The molecule has 1 aliphatic rings. The maximum absolute atomic E-state index is 13.4. The van der Waals surface area contributed by atoms with E-state index in [0.29, 0.717) is 0 Å². The van der Waals surface area contributed by atoms with E-state index in [1.54, 1.807) is 0 Å². The van der Waals surface area contributed by atoms with Crippen LogP contribution in [0.1, 0.15) is 41.6 Å². The highest BCUT2D eigenvalue weighted by Gasteiger charge is 2.25. The normalized spacial score (nSPS) is 15.5. The van der Waals surface area contributed by atoms with Gasteiger partial charge >= 0.3 is 0 Å². The predicted molar refractivity (Wildman–Crippen MR) is 131 cm³/mol. The lowest BCUT2D eigenvalue weighted by molar-refractivity contribution is 0.0765. The topological polar surface area (TPSA) is 49.6 Å². The Morgan fingerprint density at radius 2 is 1.91 bits per heavy atom. The van der Waals surface area contributed by atoms with Gasteiger partial charge in [0.15, 0.2) is 0 Å². The van der Waals surface area contributed by atoms with Crippen LogP contribution < -0.4 is 0 Å². The van der Waals surface area contributed by atoms with E-state index >= 15 is 0 Å². The molecular weight excluding hydrogens is 418 g/mol. The fraction of sp³-hybridized carbons (Fsp3) is 0.385. The fourth-order valence-corrected chi connectivity index (χ4v) is 5.60. The molecule has 0 unspecified atom stereocenters. The number of para-hydroxylation sites is 2. The van der Waals surface area contributed by atoms with Gasteiger partial charge in [-0.25, -0.2) is 4.98 Å². The maximum Gasteiger partial charge on any atom is 0.265 e. The number of benzene rings is 2. The second-order valence-corrected chi connectivity index (χ2v) is 9.55. The molecule has 3 heterocycles. The summed E-state index contributed by atoms with van der Waals surface area (Å²) < 4.78 is 6.19. The van der Waals surface area contributed by atoms with Crippen molar-refractivity contribution in [2.24, 2.45) is 0 Å². The highest BCUT2D eigenvalue weighted by atomic mass is 32.1. The predicted octanol–water partition coefficient (Wildman–Crippen LogP) is 5.97. The number of carbonyl (C=O) groups is 1. The molecule has 5 rings (SSSR count). The van der Waals surface area contributed by atoms with Crippen LogP contribution in [0.2, 0.25) is 0 Å². The molecule has 32 heavy (non-hydrogen) atoms. The number of unbranched alkanes of at least 4 members (excludes halogenated alkanes) is 1. The molecule has 0 N–H and O–H groups in total. The van der Waals surface area contributed by atoms with E-state index in [2.05, 4.69) is 24.0 Å². The molecule has 2 aromatic carbocycles. The van der Waals surface area contributed by atoms with E-state index in [1.807, 2.05) is 42.2 Å². The third-order valence-electron chi connectivity index (χ3n) is 6.33. The van der Waals surface area contributed by atoms with Gasteiger partial charge in [-0.1, -0.05) is 43.7 Å². The van der Waals surface area contributed by atoms with Crippen LogP contribution in [0.5, 0.6) is 0 Å². The zero-order valence-corrected chi connectivity index (χ0v) is 19.6. The molecule has 0 saturated carbocycles. The van der Waals surface area contributed by atoms with Crippen LogP contribution in [0.4, 0.5) is 0 Å². The molecule has 0 radical (unpaired) electrons. The van der Waals surface area contributed by atoms with Crippen LogP contribution in [0, 0.1) is 6.92 Å². The van der Waals surface area contributed by atoms with E-state index in [-0.39, 0.29) is 5.91 Å². The minimum atomic E-state index is 0.111. The smallest absolute Gasteiger partial charge is 0.265 e. The van der Waals surface area contributed by atoms with Crippen molar-refractivity contribution in [1.82, 2.24) is 14.8 Å². The summed E-state index contributed by atoms with van der Waals surface area (Å²) in [5, 5.41) is 3.03. The standard InChI is InChI=1S/C26H29N3O2S/c1-3-4-13-28-14-8-15-29(17-16-28)26(30)24-18(2)27-25(32-24)21-11-7-10-20-19-9-5-6-12-22(19)31-23(20)21/h5-7,9-12H,3-4,8,13-17H2,1-2H3. The number of amides is 1. The van der Waals surface area contributed by atoms with Crippen molar-refractivity contribution in [1.29, 1.82) is 0 Å². The van der Waals surface area contributed by atoms with Crippen molar-refractivity contribution < 1.29 is 9.21 Å². The molecule has 1 saturated heterocycles. The summed E-state index contributed by atoms with van der Waals surface area (Å²) in [6.07, 6.45) is 3.46. The van der Waals surface area contributed by atoms with Crippen molar-refractivity contribution >= 4 is 39.2 Å². The molecular formula is C26H29N3O2S. The fourth-order valence-electron chi connectivity index (χ4n) is 4.55. The van der Waals surface area contributed by atoms with Crippen LogP contribution in [0.15, 0.2) is 46.9 Å². The monoisotopic (exact) mass is 447 g/mol. The van der Waals surface area contributed by atoms with Crippen LogP contribution in [-0.4, -0.2) is 53.4 Å². The zero-order chi connectivity index (χ0) is 22.1. The van der Waals surface area contributed by atoms with Gasteiger partial charge in [-0.15, -0.1) is 11.3 Å². The van der Waals surface area contributed by atoms with Gasteiger partial charge in [-0.2, -0.15) is 0 Å². The van der Waals surface area contributed by atoms with Gasteiger partial charge in [0, 0.05) is 30.4 Å². The molecule has 5 nitrogen and oxygen atoms in total. The Labute approximate surface area is 192 Å². The minimum Gasteiger partial charge on any atom is -0.455 e. The molecule has 1 amide bonds. The largest absolute Gasteiger partial charge is 0.455 e. The summed E-state index contributed by atoms with van der Waals surface area (Å²) in [6, 6.07) is 14.2. The van der Waals surface area contributed by atoms with Crippen LogP contribution in [0.3, 0.4) is 0 Å². The van der Waals surface area contributed by atoms with E-state index in [4.69, 9.17) is 9.40 Å². The highest BCUT2D eigenvalue weighted by Crippen LogP contribution is 2.38. The van der Waals surface area contributed by atoms with Gasteiger partial charge in [0.05, 0.1) is 11.3 Å². The lowest BCUT2D eigenvalue weighted by Crippen LogP contribution is -2.35. The van der Waals surface area contributed by atoms with Gasteiger partial charge in [0.1, 0.15) is 21.1 Å². The molecule has 1 aliphatic heterocycles. The minimum absolute atomic E-state index is 0.111. The number of thiazole rings is 1. The summed E-state index contributed by atoms with van der Waals surface area (Å²) in [6.45, 7) is 8.92. The van der Waals surface area contributed by atoms with Crippen molar-refractivity contribution in [3.63, 3.8) is 0 Å². The molecule has 1 fully saturated rings. The van der Waals surface area contributed by atoms with E-state index in [9.17, 15) is 4.79 Å². The molecule has 166 valence electrons. The Balaban J connectivity index is 1.43. The number of aromatic nitrogens is 1. The summed E-state index contributed by atoms with van der Waals surface area (Å²) >= 11 is 1.48. The average molecular weight is 448 g/mol. The van der Waals surface area contributed by atoms with Gasteiger partial charge < -0.3 is 14.2 Å². The van der Waals surface area contributed by atoms with Crippen LogP contribution >= 0.6 is 11.3 Å². The third kappa shape index (κ3) is 3.93. The van der Waals surface area contributed by atoms with Gasteiger partial charge in [-0.3, -0.25) is 4.79 Å². The molecule has 2 aromatic heterocycles.